The Morgan fingerprint density at radius 2 is 2.00 bits per heavy atom. The van der Waals surface area contributed by atoms with Crippen molar-refractivity contribution < 1.29 is 4.92 Å². The van der Waals surface area contributed by atoms with Gasteiger partial charge in [0, 0.05) is 12.1 Å². The molecule has 64 valence electrons. The number of nitro benzene ring substituents is 1. The molecule has 13 heavy (non-hydrogen) atoms. The number of allylic oxidation sites excluding steroid dienone is 1. The van der Waals surface area contributed by atoms with Crippen LogP contribution in [0.25, 0.3) is 6.08 Å². The number of benzene rings is 1. The fourth-order valence-corrected chi connectivity index (χ4v) is 0.851. The van der Waals surface area contributed by atoms with Crippen LogP contribution in [0.2, 0.25) is 0 Å². The normalized spacial score (nSPS) is 9.77. The van der Waals surface area contributed by atoms with E-state index in [1.807, 2.05) is 0 Å². The number of non-ortho nitro benzene ring substituents is 1. The van der Waals surface area contributed by atoms with Crippen LogP contribution in [0.15, 0.2) is 30.3 Å². The lowest BCUT2D eigenvalue weighted by Gasteiger charge is -1.91. The van der Waals surface area contributed by atoms with Crippen LogP contribution in [-0.2, 0) is 0 Å². The van der Waals surface area contributed by atoms with E-state index in [-0.39, 0.29) is 5.69 Å². The average molecular weight is 173 g/mol. The standard InChI is InChI=1S/C10H7NO2/c1-2-3-4-9-5-7-10(8-6-9)11(12)13/h1,3-8H/b4-3+. The molecule has 0 aliphatic carbocycles. The number of nitro groups is 1. The molecule has 0 aliphatic rings. The van der Waals surface area contributed by atoms with Gasteiger partial charge in [-0.2, -0.15) is 0 Å². The SMILES string of the molecule is C#C/C=C/c1ccc([N+](=O)[O-])cc1. The first-order valence-corrected chi connectivity index (χ1v) is 3.61. The van der Waals surface area contributed by atoms with Crippen LogP contribution in [0, 0.1) is 22.5 Å². The van der Waals surface area contributed by atoms with E-state index < -0.39 is 4.92 Å². The van der Waals surface area contributed by atoms with E-state index in [0.717, 1.165) is 5.56 Å². The van der Waals surface area contributed by atoms with E-state index in [2.05, 4.69) is 5.92 Å². The van der Waals surface area contributed by atoms with Crippen molar-refractivity contribution >= 4 is 11.8 Å². The highest BCUT2D eigenvalue weighted by molar-refractivity contribution is 5.54. The highest BCUT2D eigenvalue weighted by Gasteiger charge is 2.01. The van der Waals surface area contributed by atoms with Gasteiger partial charge in [0.15, 0.2) is 0 Å². The van der Waals surface area contributed by atoms with Gasteiger partial charge in [-0.05, 0) is 29.8 Å². The van der Waals surface area contributed by atoms with Gasteiger partial charge in [0.05, 0.1) is 4.92 Å². The lowest BCUT2D eigenvalue weighted by Crippen LogP contribution is -1.86. The van der Waals surface area contributed by atoms with Gasteiger partial charge in [-0.25, -0.2) is 0 Å². The maximum Gasteiger partial charge on any atom is 0.269 e. The molecule has 0 N–H and O–H groups in total. The Bertz CT molecular complexity index is 371. The van der Waals surface area contributed by atoms with E-state index in [1.165, 1.54) is 12.1 Å². The summed E-state index contributed by atoms with van der Waals surface area (Å²) in [7, 11) is 0. The molecular formula is C10H7NO2. The van der Waals surface area contributed by atoms with Gasteiger partial charge in [-0.1, -0.05) is 5.92 Å². The predicted octanol–water partition coefficient (Wildman–Crippen LogP) is 2.24. The van der Waals surface area contributed by atoms with Crippen molar-refractivity contribution in [2.45, 2.75) is 0 Å². The Balaban J connectivity index is 2.89. The number of terminal acetylenes is 1. The smallest absolute Gasteiger partial charge is 0.258 e. The van der Waals surface area contributed by atoms with Crippen LogP contribution in [0.3, 0.4) is 0 Å². The van der Waals surface area contributed by atoms with Gasteiger partial charge in [-0.15, -0.1) is 6.42 Å². The van der Waals surface area contributed by atoms with Crippen LogP contribution < -0.4 is 0 Å². The summed E-state index contributed by atoms with van der Waals surface area (Å²) in [6, 6.07) is 6.17. The molecule has 0 bridgehead atoms. The second-order valence-electron chi connectivity index (χ2n) is 2.35. The first kappa shape index (κ1) is 9.01. The van der Waals surface area contributed by atoms with Crippen LogP contribution in [0.4, 0.5) is 5.69 Å². The van der Waals surface area contributed by atoms with Gasteiger partial charge in [0.2, 0.25) is 0 Å². The molecule has 0 radical (unpaired) electrons. The minimum Gasteiger partial charge on any atom is -0.258 e. The van der Waals surface area contributed by atoms with Crippen molar-refractivity contribution in [3.8, 4) is 12.3 Å². The summed E-state index contributed by atoms with van der Waals surface area (Å²) in [5.74, 6) is 2.34. The van der Waals surface area contributed by atoms with Crippen molar-refractivity contribution in [1.82, 2.24) is 0 Å². The van der Waals surface area contributed by atoms with Gasteiger partial charge >= 0.3 is 0 Å². The first-order valence-electron chi connectivity index (χ1n) is 3.61. The Labute approximate surface area is 75.9 Å². The maximum atomic E-state index is 10.3. The van der Waals surface area contributed by atoms with Gasteiger partial charge in [-0.3, -0.25) is 10.1 Å². The molecule has 0 fully saturated rings. The molecule has 0 heterocycles. The lowest BCUT2D eigenvalue weighted by atomic mass is 10.2. The molecule has 1 aromatic carbocycles. The quantitative estimate of drug-likeness (QED) is 0.391. The van der Waals surface area contributed by atoms with Crippen molar-refractivity contribution in [2.75, 3.05) is 0 Å². The van der Waals surface area contributed by atoms with Crippen LogP contribution in [0.1, 0.15) is 5.56 Å². The molecule has 0 unspecified atom stereocenters. The van der Waals surface area contributed by atoms with Crippen molar-refractivity contribution in [2.24, 2.45) is 0 Å². The second-order valence-corrected chi connectivity index (χ2v) is 2.35. The molecule has 0 saturated carbocycles. The van der Waals surface area contributed by atoms with E-state index in [0.29, 0.717) is 0 Å². The molecule has 0 aliphatic heterocycles. The zero-order valence-corrected chi connectivity index (χ0v) is 6.81. The largest absolute Gasteiger partial charge is 0.269 e. The van der Waals surface area contributed by atoms with Crippen molar-refractivity contribution in [1.29, 1.82) is 0 Å². The molecule has 0 saturated heterocycles. The van der Waals surface area contributed by atoms with Crippen molar-refractivity contribution in [3.05, 3.63) is 46.0 Å². The topological polar surface area (TPSA) is 43.1 Å². The fraction of sp³-hybridized carbons (Fsp3) is 0. The Morgan fingerprint density at radius 1 is 1.38 bits per heavy atom. The van der Waals surface area contributed by atoms with Gasteiger partial charge in [0.1, 0.15) is 0 Å². The van der Waals surface area contributed by atoms with E-state index >= 15 is 0 Å². The number of hydrogen-bond donors (Lipinski definition) is 0. The maximum absolute atomic E-state index is 10.3. The fourth-order valence-electron chi connectivity index (χ4n) is 0.851. The van der Waals surface area contributed by atoms with Crippen LogP contribution in [0.5, 0.6) is 0 Å². The molecule has 0 amide bonds. The van der Waals surface area contributed by atoms with Gasteiger partial charge in [0.25, 0.3) is 5.69 Å². The van der Waals surface area contributed by atoms with E-state index in [4.69, 9.17) is 6.42 Å². The summed E-state index contributed by atoms with van der Waals surface area (Å²) < 4.78 is 0. The third-order valence-corrected chi connectivity index (χ3v) is 1.48. The monoisotopic (exact) mass is 173 g/mol. The summed E-state index contributed by atoms with van der Waals surface area (Å²) in [6.07, 6.45) is 8.26. The minimum atomic E-state index is -0.436. The van der Waals surface area contributed by atoms with Crippen molar-refractivity contribution in [3.63, 3.8) is 0 Å². The highest BCUT2D eigenvalue weighted by atomic mass is 16.6. The third-order valence-electron chi connectivity index (χ3n) is 1.48. The first-order chi connectivity index (χ1) is 6.24. The van der Waals surface area contributed by atoms with E-state index in [9.17, 15) is 10.1 Å². The summed E-state index contributed by atoms with van der Waals surface area (Å²) in [4.78, 5) is 9.85. The summed E-state index contributed by atoms with van der Waals surface area (Å²) >= 11 is 0. The number of nitrogens with zero attached hydrogens (tertiary/aromatic N) is 1. The molecule has 3 heteroatoms. The molecule has 1 rings (SSSR count). The summed E-state index contributed by atoms with van der Waals surface area (Å²) in [5.41, 5.74) is 0.932. The summed E-state index contributed by atoms with van der Waals surface area (Å²) in [6.45, 7) is 0. The molecule has 0 spiro atoms. The molecular weight excluding hydrogens is 166 g/mol. The zero-order valence-electron chi connectivity index (χ0n) is 6.81. The second kappa shape index (κ2) is 4.07. The van der Waals surface area contributed by atoms with Crippen LogP contribution >= 0.6 is 0 Å². The molecule has 3 nitrogen and oxygen atoms in total. The van der Waals surface area contributed by atoms with Crippen LogP contribution in [-0.4, -0.2) is 4.92 Å². The lowest BCUT2D eigenvalue weighted by molar-refractivity contribution is -0.384. The zero-order chi connectivity index (χ0) is 9.68. The molecule has 0 atom stereocenters. The van der Waals surface area contributed by atoms with Gasteiger partial charge < -0.3 is 0 Å². The molecule has 1 aromatic rings. The Morgan fingerprint density at radius 3 is 2.46 bits per heavy atom. The number of rotatable bonds is 2. The molecule has 0 aromatic heterocycles. The Kier molecular flexibility index (Phi) is 2.82. The number of hydrogen-bond acceptors (Lipinski definition) is 2. The Hall–Kier alpha value is -2.08. The summed E-state index contributed by atoms with van der Waals surface area (Å²) in [5, 5.41) is 10.3. The van der Waals surface area contributed by atoms with E-state index in [1.54, 1.807) is 24.3 Å². The third kappa shape index (κ3) is 2.46. The average Bonchev–Trinajstić information content (AvgIpc) is 2.15. The minimum absolute atomic E-state index is 0.0813. The highest BCUT2D eigenvalue weighted by Crippen LogP contribution is 2.12. The predicted molar refractivity (Wildman–Crippen MR) is 51.0 cm³/mol.